The Bertz CT molecular complexity index is 565. The van der Waals surface area contributed by atoms with E-state index < -0.39 is 5.91 Å². The fourth-order valence-electron chi connectivity index (χ4n) is 1.74. The quantitative estimate of drug-likeness (QED) is 0.716. The molecular weight excluding hydrogens is 254 g/mol. The van der Waals surface area contributed by atoms with E-state index in [9.17, 15) is 4.79 Å². The van der Waals surface area contributed by atoms with Gasteiger partial charge in [-0.25, -0.2) is 0 Å². The van der Waals surface area contributed by atoms with Crippen LogP contribution in [-0.2, 0) is 13.0 Å². The van der Waals surface area contributed by atoms with Gasteiger partial charge in [-0.15, -0.1) is 10.2 Å². The van der Waals surface area contributed by atoms with Crippen LogP contribution in [-0.4, -0.2) is 22.6 Å². The SMILES string of the molecule is NCCc1ccc(CNc2ccc(C(N)=O)nn2)cc1. The van der Waals surface area contributed by atoms with Gasteiger partial charge in [0.05, 0.1) is 0 Å². The fourth-order valence-corrected chi connectivity index (χ4v) is 1.74. The number of nitrogens with zero attached hydrogens (tertiary/aromatic N) is 2. The molecule has 0 saturated carbocycles. The lowest BCUT2D eigenvalue weighted by molar-refractivity contribution is 0.0994. The lowest BCUT2D eigenvalue weighted by atomic mass is 10.1. The Morgan fingerprint density at radius 2 is 1.75 bits per heavy atom. The highest BCUT2D eigenvalue weighted by molar-refractivity contribution is 5.90. The molecule has 20 heavy (non-hydrogen) atoms. The molecule has 1 aromatic carbocycles. The maximum atomic E-state index is 10.9. The molecule has 2 rings (SSSR count). The Morgan fingerprint density at radius 3 is 2.30 bits per heavy atom. The van der Waals surface area contributed by atoms with Gasteiger partial charge in [0.2, 0.25) is 0 Å². The number of carbonyl (C=O) groups is 1. The van der Waals surface area contributed by atoms with Crippen LogP contribution in [0.1, 0.15) is 21.6 Å². The minimum Gasteiger partial charge on any atom is -0.365 e. The minimum absolute atomic E-state index is 0.154. The summed E-state index contributed by atoms with van der Waals surface area (Å²) in [6, 6.07) is 11.4. The number of carbonyl (C=O) groups excluding carboxylic acids is 1. The van der Waals surface area contributed by atoms with Gasteiger partial charge < -0.3 is 16.8 Å². The molecule has 0 unspecified atom stereocenters. The van der Waals surface area contributed by atoms with Gasteiger partial charge >= 0.3 is 0 Å². The summed E-state index contributed by atoms with van der Waals surface area (Å²) in [4.78, 5) is 10.9. The van der Waals surface area contributed by atoms with Crippen molar-refractivity contribution in [2.45, 2.75) is 13.0 Å². The number of rotatable bonds is 6. The molecule has 5 N–H and O–H groups in total. The van der Waals surface area contributed by atoms with E-state index in [1.54, 1.807) is 12.1 Å². The maximum Gasteiger partial charge on any atom is 0.269 e. The summed E-state index contributed by atoms with van der Waals surface area (Å²) < 4.78 is 0. The first-order valence-corrected chi connectivity index (χ1v) is 6.34. The predicted octanol–water partition coefficient (Wildman–Crippen LogP) is 0.689. The van der Waals surface area contributed by atoms with E-state index in [0.29, 0.717) is 18.9 Å². The molecule has 0 aliphatic heterocycles. The third-order valence-electron chi connectivity index (χ3n) is 2.85. The molecule has 1 aromatic heterocycles. The van der Waals surface area contributed by atoms with E-state index >= 15 is 0 Å². The average Bonchev–Trinajstić information content (AvgIpc) is 2.47. The third kappa shape index (κ3) is 3.76. The van der Waals surface area contributed by atoms with Crippen LogP contribution in [0.4, 0.5) is 5.82 Å². The molecule has 1 amide bonds. The normalized spacial score (nSPS) is 10.2. The number of primary amides is 1. The number of aromatic nitrogens is 2. The monoisotopic (exact) mass is 271 g/mol. The highest BCUT2D eigenvalue weighted by Gasteiger charge is 2.02. The van der Waals surface area contributed by atoms with Crippen molar-refractivity contribution in [2.75, 3.05) is 11.9 Å². The first kappa shape index (κ1) is 14.0. The zero-order valence-corrected chi connectivity index (χ0v) is 11.0. The van der Waals surface area contributed by atoms with Crippen LogP contribution >= 0.6 is 0 Å². The van der Waals surface area contributed by atoms with Crippen LogP contribution in [0.5, 0.6) is 0 Å². The summed E-state index contributed by atoms with van der Waals surface area (Å²) >= 11 is 0. The van der Waals surface area contributed by atoms with Gasteiger partial charge in [0.25, 0.3) is 5.91 Å². The van der Waals surface area contributed by atoms with Crippen molar-refractivity contribution in [3.8, 4) is 0 Å². The molecule has 2 aromatic rings. The smallest absolute Gasteiger partial charge is 0.269 e. The number of amides is 1. The van der Waals surface area contributed by atoms with Crippen LogP contribution in [0.15, 0.2) is 36.4 Å². The summed E-state index contributed by atoms with van der Waals surface area (Å²) in [5.41, 5.74) is 13.1. The van der Waals surface area contributed by atoms with Gasteiger partial charge in [0, 0.05) is 6.54 Å². The third-order valence-corrected chi connectivity index (χ3v) is 2.85. The lowest BCUT2D eigenvalue weighted by Gasteiger charge is -2.06. The van der Waals surface area contributed by atoms with Crippen molar-refractivity contribution in [3.63, 3.8) is 0 Å². The lowest BCUT2D eigenvalue weighted by Crippen LogP contribution is -2.14. The molecule has 0 radical (unpaired) electrons. The van der Waals surface area contributed by atoms with Crippen molar-refractivity contribution < 1.29 is 4.79 Å². The van der Waals surface area contributed by atoms with E-state index in [2.05, 4.69) is 27.6 Å². The van der Waals surface area contributed by atoms with Crippen molar-refractivity contribution in [1.82, 2.24) is 10.2 Å². The van der Waals surface area contributed by atoms with Gasteiger partial charge in [-0.1, -0.05) is 24.3 Å². The van der Waals surface area contributed by atoms with Crippen LogP contribution in [0, 0.1) is 0 Å². The minimum atomic E-state index is -0.584. The molecule has 104 valence electrons. The van der Waals surface area contributed by atoms with E-state index in [4.69, 9.17) is 11.5 Å². The Balaban J connectivity index is 1.92. The molecule has 0 spiro atoms. The van der Waals surface area contributed by atoms with E-state index in [1.807, 2.05) is 12.1 Å². The summed E-state index contributed by atoms with van der Waals surface area (Å²) in [5, 5.41) is 10.7. The second-order valence-corrected chi connectivity index (χ2v) is 4.38. The molecule has 0 aliphatic rings. The Labute approximate surface area is 117 Å². The summed E-state index contributed by atoms with van der Waals surface area (Å²) in [5.74, 6) is 0.0144. The number of hydrogen-bond acceptors (Lipinski definition) is 5. The second-order valence-electron chi connectivity index (χ2n) is 4.38. The fraction of sp³-hybridized carbons (Fsp3) is 0.214. The molecule has 0 aliphatic carbocycles. The van der Waals surface area contributed by atoms with Gasteiger partial charge in [-0.3, -0.25) is 4.79 Å². The van der Waals surface area contributed by atoms with Crippen LogP contribution in [0.2, 0.25) is 0 Å². The standard InChI is InChI=1S/C14H17N5O/c15-8-7-10-1-3-11(4-2-10)9-17-13-6-5-12(14(16)20)18-19-13/h1-6H,7-9,15H2,(H2,16,20)(H,17,19). The molecule has 0 fully saturated rings. The van der Waals surface area contributed by atoms with E-state index in [1.165, 1.54) is 5.56 Å². The summed E-state index contributed by atoms with van der Waals surface area (Å²) in [7, 11) is 0. The largest absolute Gasteiger partial charge is 0.365 e. The number of anilines is 1. The van der Waals surface area contributed by atoms with Crippen molar-refractivity contribution in [3.05, 3.63) is 53.2 Å². The highest BCUT2D eigenvalue weighted by Crippen LogP contribution is 2.08. The number of benzene rings is 1. The van der Waals surface area contributed by atoms with Crippen LogP contribution in [0.3, 0.4) is 0 Å². The molecule has 6 heteroatoms. The topological polar surface area (TPSA) is 107 Å². The van der Waals surface area contributed by atoms with Gasteiger partial charge in [-0.2, -0.15) is 0 Å². The van der Waals surface area contributed by atoms with Gasteiger partial charge in [-0.05, 0) is 36.2 Å². The Morgan fingerprint density at radius 1 is 1.05 bits per heavy atom. The summed E-state index contributed by atoms with van der Waals surface area (Å²) in [6.45, 7) is 1.28. The molecule has 0 saturated heterocycles. The van der Waals surface area contributed by atoms with E-state index in [0.717, 1.165) is 12.0 Å². The predicted molar refractivity (Wildman–Crippen MR) is 77.1 cm³/mol. The van der Waals surface area contributed by atoms with Gasteiger partial charge in [0.1, 0.15) is 5.82 Å². The number of hydrogen-bond donors (Lipinski definition) is 3. The molecule has 6 nitrogen and oxygen atoms in total. The van der Waals surface area contributed by atoms with E-state index in [-0.39, 0.29) is 5.69 Å². The molecule has 0 atom stereocenters. The average molecular weight is 271 g/mol. The molecular formula is C14H17N5O. The zero-order valence-electron chi connectivity index (χ0n) is 11.0. The Kier molecular flexibility index (Phi) is 4.62. The highest BCUT2D eigenvalue weighted by atomic mass is 16.1. The Hall–Kier alpha value is -2.47. The second kappa shape index (κ2) is 6.63. The number of nitrogens with one attached hydrogen (secondary N) is 1. The van der Waals surface area contributed by atoms with Crippen LogP contribution < -0.4 is 16.8 Å². The number of nitrogens with two attached hydrogens (primary N) is 2. The van der Waals surface area contributed by atoms with Crippen molar-refractivity contribution in [1.29, 1.82) is 0 Å². The van der Waals surface area contributed by atoms with Crippen molar-refractivity contribution in [2.24, 2.45) is 11.5 Å². The maximum absolute atomic E-state index is 10.9. The molecule has 1 heterocycles. The zero-order chi connectivity index (χ0) is 14.4. The van der Waals surface area contributed by atoms with Crippen molar-refractivity contribution >= 4 is 11.7 Å². The molecule has 0 bridgehead atoms. The first-order valence-electron chi connectivity index (χ1n) is 6.34. The summed E-state index contributed by atoms with van der Waals surface area (Å²) in [6.07, 6.45) is 0.883. The van der Waals surface area contributed by atoms with Crippen LogP contribution in [0.25, 0.3) is 0 Å². The first-order chi connectivity index (χ1) is 9.69. The van der Waals surface area contributed by atoms with Gasteiger partial charge in [0.15, 0.2) is 5.69 Å².